The van der Waals surface area contributed by atoms with Gasteiger partial charge in [-0.1, -0.05) is 39.8 Å². The standard InChI is InChI=1S/C13H11NO3S2/c15-9-10-4-6-12(7-5-10)18-19-13-3-1-2-11(8-13)14(16)17/h1-8,15H,9H2. The summed E-state index contributed by atoms with van der Waals surface area (Å²) in [5.41, 5.74) is 0.964. The lowest BCUT2D eigenvalue weighted by Crippen LogP contribution is -1.86. The molecule has 0 heterocycles. The van der Waals surface area contributed by atoms with Gasteiger partial charge in [-0.3, -0.25) is 10.1 Å². The molecule has 0 atom stereocenters. The van der Waals surface area contributed by atoms with Crippen molar-refractivity contribution in [2.75, 3.05) is 0 Å². The van der Waals surface area contributed by atoms with E-state index in [2.05, 4.69) is 0 Å². The van der Waals surface area contributed by atoms with Crippen LogP contribution in [0.15, 0.2) is 58.3 Å². The van der Waals surface area contributed by atoms with E-state index in [9.17, 15) is 10.1 Å². The van der Waals surface area contributed by atoms with Crippen LogP contribution in [0.2, 0.25) is 0 Å². The maximum Gasteiger partial charge on any atom is 0.270 e. The van der Waals surface area contributed by atoms with E-state index >= 15 is 0 Å². The summed E-state index contributed by atoms with van der Waals surface area (Å²) in [6.45, 7) is 0.0307. The highest BCUT2D eigenvalue weighted by atomic mass is 33.1. The molecule has 0 aromatic heterocycles. The molecular weight excluding hydrogens is 282 g/mol. The van der Waals surface area contributed by atoms with Crippen LogP contribution in [0.5, 0.6) is 0 Å². The Bertz CT molecular complexity index is 572. The largest absolute Gasteiger partial charge is 0.392 e. The quantitative estimate of drug-likeness (QED) is 0.515. The molecule has 0 amide bonds. The van der Waals surface area contributed by atoms with Crippen LogP contribution in [-0.4, -0.2) is 10.0 Å². The zero-order valence-corrected chi connectivity index (χ0v) is 11.5. The van der Waals surface area contributed by atoms with E-state index < -0.39 is 4.92 Å². The third-order valence-corrected chi connectivity index (χ3v) is 4.77. The van der Waals surface area contributed by atoms with Crippen molar-refractivity contribution in [3.05, 3.63) is 64.2 Å². The topological polar surface area (TPSA) is 63.4 Å². The normalized spacial score (nSPS) is 10.4. The van der Waals surface area contributed by atoms with E-state index in [4.69, 9.17) is 5.11 Å². The van der Waals surface area contributed by atoms with Crippen molar-refractivity contribution in [1.82, 2.24) is 0 Å². The molecule has 19 heavy (non-hydrogen) atoms. The molecule has 0 unspecified atom stereocenters. The van der Waals surface area contributed by atoms with Gasteiger partial charge in [-0.2, -0.15) is 0 Å². The summed E-state index contributed by atoms with van der Waals surface area (Å²) in [5, 5.41) is 19.6. The van der Waals surface area contributed by atoms with Crippen molar-refractivity contribution in [3.8, 4) is 0 Å². The Kier molecular flexibility index (Phi) is 4.84. The van der Waals surface area contributed by atoms with Crippen LogP contribution in [0.25, 0.3) is 0 Å². The second-order valence-electron chi connectivity index (χ2n) is 3.72. The third-order valence-electron chi connectivity index (χ3n) is 2.37. The Labute approximate surface area is 118 Å². The van der Waals surface area contributed by atoms with E-state index in [1.54, 1.807) is 12.1 Å². The third kappa shape index (κ3) is 3.99. The SMILES string of the molecule is O=[N+]([O-])c1cccc(SSc2ccc(CO)cc2)c1. The fourth-order valence-corrected chi connectivity index (χ4v) is 3.36. The van der Waals surface area contributed by atoms with Crippen molar-refractivity contribution in [3.63, 3.8) is 0 Å². The predicted octanol–water partition coefficient (Wildman–Crippen LogP) is 3.89. The van der Waals surface area contributed by atoms with Crippen molar-refractivity contribution >= 4 is 27.3 Å². The van der Waals surface area contributed by atoms with Gasteiger partial charge in [-0.05, 0) is 23.8 Å². The molecule has 0 fully saturated rings. The van der Waals surface area contributed by atoms with Gasteiger partial charge in [0.1, 0.15) is 0 Å². The lowest BCUT2D eigenvalue weighted by Gasteiger charge is -2.02. The molecular formula is C13H11NO3S2. The second kappa shape index (κ2) is 6.60. The molecule has 6 heteroatoms. The summed E-state index contributed by atoms with van der Waals surface area (Å²) in [6.07, 6.45) is 0. The average Bonchev–Trinajstić information content (AvgIpc) is 2.46. The summed E-state index contributed by atoms with van der Waals surface area (Å²) >= 11 is 0. The van der Waals surface area contributed by atoms with E-state index in [1.165, 1.54) is 27.7 Å². The molecule has 2 rings (SSSR count). The number of rotatable bonds is 5. The monoisotopic (exact) mass is 293 g/mol. The van der Waals surface area contributed by atoms with Gasteiger partial charge in [-0.15, -0.1) is 0 Å². The van der Waals surface area contributed by atoms with Gasteiger partial charge in [0.15, 0.2) is 0 Å². The number of nitrogens with zero attached hydrogens (tertiary/aromatic N) is 1. The predicted molar refractivity (Wildman–Crippen MR) is 77.2 cm³/mol. The molecule has 0 bridgehead atoms. The molecule has 2 aromatic rings. The Hall–Kier alpha value is -1.50. The fourth-order valence-electron chi connectivity index (χ4n) is 1.40. The van der Waals surface area contributed by atoms with Gasteiger partial charge in [-0.25, -0.2) is 0 Å². The molecule has 1 N–H and O–H groups in total. The molecule has 4 nitrogen and oxygen atoms in total. The molecule has 0 saturated heterocycles. The van der Waals surface area contributed by atoms with Crippen molar-refractivity contribution in [2.24, 2.45) is 0 Å². The van der Waals surface area contributed by atoms with Crippen molar-refractivity contribution in [1.29, 1.82) is 0 Å². The number of nitro benzene ring substituents is 1. The zero-order chi connectivity index (χ0) is 13.7. The van der Waals surface area contributed by atoms with Crippen LogP contribution >= 0.6 is 21.6 Å². The Morgan fingerprint density at radius 3 is 2.37 bits per heavy atom. The van der Waals surface area contributed by atoms with E-state index in [0.29, 0.717) is 0 Å². The highest BCUT2D eigenvalue weighted by molar-refractivity contribution is 8.76. The van der Waals surface area contributed by atoms with E-state index in [0.717, 1.165) is 15.4 Å². The Morgan fingerprint density at radius 1 is 1.05 bits per heavy atom. The molecule has 0 radical (unpaired) electrons. The van der Waals surface area contributed by atoms with Crippen LogP contribution in [0.3, 0.4) is 0 Å². The summed E-state index contributed by atoms with van der Waals surface area (Å²) in [4.78, 5) is 12.1. The average molecular weight is 293 g/mol. The minimum atomic E-state index is -0.398. The van der Waals surface area contributed by atoms with Gasteiger partial charge < -0.3 is 5.11 Å². The van der Waals surface area contributed by atoms with Gasteiger partial charge in [0, 0.05) is 21.9 Å². The number of hydrogen-bond donors (Lipinski definition) is 1. The lowest BCUT2D eigenvalue weighted by atomic mass is 10.2. The summed E-state index contributed by atoms with van der Waals surface area (Å²) < 4.78 is 0. The first kappa shape index (κ1) is 13.9. The van der Waals surface area contributed by atoms with Crippen molar-refractivity contribution in [2.45, 2.75) is 16.4 Å². The first-order chi connectivity index (χ1) is 9.19. The van der Waals surface area contributed by atoms with Gasteiger partial charge in [0.25, 0.3) is 5.69 Å². The number of non-ortho nitro benzene ring substituents is 1. The second-order valence-corrected chi connectivity index (χ2v) is 6.00. The lowest BCUT2D eigenvalue weighted by molar-refractivity contribution is -0.385. The highest BCUT2D eigenvalue weighted by Crippen LogP contribution is 2.38. The Balaban J connectivity index is 2.01. The van der Waals surface area contributed by atoms with Crippen LogP contribution in [0, 0.1) is 10.1 Å². The summed E-state index contributed by atoms with van der Waals surface area (Å²) in [7, 11) is 2.99. The summed E-state index contributed by atoms with van der Waals surface area (Å²) in [6, 6.07) is 14.1. The van der Waals surface area contributed by atoms with Crippen LogP contribution in [-0.2, 0) is 6.61 Å². The first-order valence-corrected chi connectivity index (χ1v) is 7.63. The highest BCUT2D eigenvalue weighted by Gasteiger charge is 2.06. The van der Waals surface area contributed by atoms with Crippen molar-refractivity contribution < 1.29 is 10.0 Å². The fraction of sp³-hybridized carbons (Fsp3) is 0.0769. The number of aliphatic hydroxyl groups excluding tert-OH is 1. The number of nitro groups is 1. The molecule has 0 aliphatic carbocycles. The molecule has 0 spiro atoms. The molecule has 2 aromatic carbocycles. The minimum absolute atomic E-state index is 0.0307. The minimum Gasteiger partial charge on any atom is -0.392 e. The molecule has 0 aliphatic rings. The Morgan fingerprint density at radius 2 is 1.74 bits per heavy atom. The smallest absolute Gasteiger partial charge is 0.270 e. The molecule has 0 saturated carbocycles. The molecule has 98 valence electrons. The number of benzene rings is 2. The first-order valence-electron chi connectivity index (χ1n) is 5.48. The van der Waals surface area contributed by atoms with E-state index in [1.807, 2.05) is 30.3 Å². The maximum atomic E-state index is 10.7. The summed E-state index contributed by atoms with van der Waals surface area (Å²) in [5.74, 6) is 0. The van der Waals surface area contributed by atoms with Gasteiger partial charge in [0.2, 0.25) is 0 Å². The van der Waals surface area contributed by atoms with Crippen LogP contribution < -0.4 is 0 Å². The number of hydrogen-bond acceptors (Lipinski definition) is 5. The maximum absolute atomic E-state index is 10.7. The zero-order valence-electron chi connectivity index (χ0n) is 9.85. The van der Waals surface area contributed by atoms with E-state index in [-0.39, 0.29) is 12.3 Å². The molecule has 0 aliphatic heterocycles. The van der Waals surface area contributed by atoms with Crippen LogP contribution in [0.1, 0.15) is 5.56 Å². The number of aliphatic hydroxyl groups is 1. The van der Waals surface area contributed by atoms with Crippen LogP contribution in [0.4, 0.5) is 5.69 Å². The van der Waals surface area contributed by atoms with Gasteiger partial charge in [0.05, 0.1) is 11.5 Å². The van der Waals surface area contributed by atoms with Gasteiger partial charge >= 0.3 is 0 Å².